The first-order valence-electron chi connectivity index (χ1n) is 6.62. The Bertz CT molecular complexity index is 575. The van der Waals surface area contributed by atoms with E-state index in [1.165, 1.54) is 0 Å². The first-order chi connectivity index (χ1) is 9.65. The number of ether oxygens (including phenoxy) is 1. The monoisotopic (exact) mass is 288 g/mol. The van der Waals surface area contributed by atoms with E-state index in [1.54, 1.807) is 31.4 Å². The largest absolute Gasteiger partial charge is 0.381 e. The number of amides is 1. The highest BCUT2D eigenvalue weighted by molar-refractivity contribution is 8.01. The van der Waals surface area contributed by atoms with Crippen molar-refractivity contribution in [2.24, 2.45) is 0 Å². The Morgan fingerprint density at radius 2 is 2.35 bits per heavy atom. The van der Waals surface area contributed by atoms with E-state index in [2.05, 4.69) is 6.07 Å². The summed E-state index contributed by atoms with van der Waals surface area (Å²) in [6.45, 7) is 1.57. The number of methoxy groups -OCH3 is 1. The van der Waals surface area contributed by atoms with Crippen LogP contribution in [0.25, 0.3) is 0 Å². The average Bonchev–Trinajstić information content (AvgIpc) is 2.89. The third-order valence-corrected chi connectivity index (χ3v) is 5.57. The van der Waals surface area contributed by atoms with Crippen LogP contribution >= 0.6 is 11.8 Å². The number of hydrogen-bond donors (Lipinski definition) is 0. The number of thioether (sulfide) groups is 1. The van der Waals surface area contributed by atoms with Crippen molar-refractivity contribution in [1.82, 2.24) is 4.90 Å². The second kappa shape index (κ2) is 5.12. The molecule has 1 atom stereocenters. The molecule has 2 fully saturated rings. The zero-order chi connectivity index (χ0) is 14.2. The maximum Gasteiger partial charge on any atom is 0.253 e. The summed E-state index contributed by atoms with van der Waals surface area (Å²) >= 11 is 1.92. The van der Waals surface area contributed by atoms with Gasteiger partial charge in [-0.3, -0.25) is 4.79 Å². The van der Waals surface area contributed by atoms with Crippen LogP contribution in [0.2, 0.25) is 0 Å². The van der Waals surface area contributed by atoms with Crippen LogP contribution in [0.15, 0.2) is 24.3 Å². The zero-order valence-electron chi connectivity index (χ0n) is 11.3. The zero-order valence-corrected chi connectivity index (χ0v) is 12.2. The summed E-state index contributed by atoms with van der Waals surface area (Å²) in [4.78, 5) is 14.2. The molecule has 1 spiro atoms. The quantitative estimate of drug-likeness (QED) is 0.834. The van der Waals surface area contributed by atoms with Crippen LogP contribution in [0, 0.1) is 11.3 Å². The predicted molar refractivity (Wildman–Crippen MR) is 77.7 cm³/mol. The third-order valence-electron chi connectivity index (χ3n) is 3.99. The molecule has 0 aromatic heterocycles. The summed E-state index contributed by atoms with van der Waals surface area (Å²) in [6.07, 6.45) is 1.34. The molecule has 1 aromatic carbocycles. The van der Waals surface area contributed by atoms with Crippen molar-refractivity contribution in [2.45, 2.75) is 17.3 Å². The summed E-state index contributed by atoms with van der Waals surface area (Å²) in [7, 11) is 1.75. The Labute approximate surface area is 122 Å². The van der Waals surface area contributed by atoms with E-state index in [0.29, 0.717) is 17.2 Å². The van der Waals surface area contributed by atoms with E-state index in [1.807, 2.05) is 16.7 Å². The minimum Gasteiger partial charge on any atom is -0.381 e. The Hall–Kier alpha value is -1.51. The fraction of sp³-hybridized carbons (Fsp3) is 0.467. The number of rotatable bonds is 2. The summed E-state index contributed by atoms with van der Waals surface area (Å²) in [5, 5.41) is 8.89. The Balaban J connectivity index is 1.65. The average molecular weight is 288 g/mol. The minimum absolute atomic E-state index is 0.0224. The molecule has 0 bridgehead atoms. The molecule has 5 heteroatoms. The number of hydrogen-bond acceptors (Lipinski definition) is 4. The molecule has 20 heavy (non-hydrogen) atoms. The van der Waals surface area contributed by atoms with Gasteiger partial charge in [-0.2, -0.15) is 5.26 Å². The molecule has 2 aliphatic heterocycles. The maximum atomic E-state index is 12.4. The molecule has 2 saturated heterocycles. The van der Waals surface area contributed by atoms with Gasteiger partial charge < -0.3 is 9.64 Å². The number of likely N-dealkylation sites (tertiary alicyclic amines) is 1. The summed E-state index contributed by atoms with van der Waals surface area (Å²) in [6, 6.07) is 8.97. The van der Waals surface area contributed by atoms with Crippen LogP contribution < -0.4 is 0 Å². The molecule has 4 nitrogen and oxygen atoms in total. The SMILES string of the molecule is CO[C@@H]1CSC2(C1)CN(C(=O)c1cccc(C#N)c1)C2. The van der Waals surface area contributed by atoms with E-state index >= 15 is 0 Å². The molecular formula is C15H16N2O2S. The van der Waals surface area contributed by atoms with Gasteiger partial charge in [0, 0.05) is 31.5 Å². The van der Waals surface area contributed by atoms with Gasteiger partial charge in [0.15, 0.2) is 0 Å². The molecule has 0 saturated carbocycles. The van der Waals surface area contributed by atoms with Crippen molar-refractivity contribution in [3.05, 3.63) is 35.4 Å². The predicted octanol–water partition coefficient (Wildman–Crippen LogP) is 1.90. The lowest BCUT2D eigenvalue weighted by atomic mass is 9.92. The van der Waals surface area contributed by atoms with Gasteiger partial charge in [-0.25, -0.2) is 0 Å². The summed E-state index contributed by atoms with van der Waals surface area (Å²) < 4.78 is 5.59. The van der Waals surface area contributed by atoms with Crippen LogP contribution in [0.4, 0.5) is 0 Å². The number of carbonyl (C=O) groups excluding carboxylic acids is 1. The van der Waals surface area contributed by atoms with Crippen LogP contribution in [0.1, 0.15) is 22.3 Å². The second-order valence-electron chi connectivity index (χ2n) is 5.41. The normalized spacial score (nSPS) is 23.4. The Morgan fingerprint density at radius 3 is 3.00 bits per heavy atom. The van der Waals surface area contributed by atoms with Crippen molar-refractivity contribution in [3.8, 4) is 6.07 Å². The fourth-order valence-electron chi connectivity index (χ4n) is 2.87. The lowest BCUT2D eigenvalue weighted by molar-refractivity contribution is 0.0452. The van der Waals surface area contributed by atoms with E-state index in [4.69, 9.17) is 10.00 Å². The Morgan fingerprint density at radius 1 is 1.55 bits per heavy atom. The fourth-order valence-corrected chi connectivity index (χ4v) is 4.46. The first kappa shape index (κ1) is 13.5. The molecule has 1 aromatic rings. The lowest BCUT2D eigenvalue weighted by Gasteiger charge is -2.47. The van der Waals surface area contributed by atoms with Gasteiger partial charge in [0.05, 0.1) is 22.5 Å². The van der Waals surface area contributed by atoms with E-state index in [0.717, 1.165) is 25.3 Å². The lowest BCUT2D eigenvalue weighted by Crippen LogP contribution is -2.60. The van der Waals surface area contributed by atoms with Crippen LogP contribution in [-0.2, 0) is 4.74 Å². The van der Waals surface area contributed by atoms with E-state index in [9.17, 15) is 4.79 Å². The molecule has 2 aliphatic rings. The molecule has 0 unspecified atom stereocenters. The van der Waals surface area contributed by atoms with Crippen LogP contribution in [0.3, 0.4) is 0 Å². The molecule has 0 aliphatic carbocycles. The van der Waals surface area contributed by atoms with E-state index in [-0.39, 0.29) is 10.7 Å². The topological polar surface area (TPSA) is 53.3 Å². The highest BCUT2D eigenvalue weighted by Gasteiger charge is 2.50. The van der Waals surface area contributed by atoms with Crippen LogP contribution in [-0.4, -0.2) is 47.6 Å². The number of nitrogens with zero attached hydrogens (tertiary/aromatic N) is 2. The summed E-state index contributed by atoms with van der Waals surface area (Å²) in [5.74, 6) is 1.04. The first-order valence-corrected chi connectivity index (χ1v) is 7.60. The van der Waals surface area contributed by atoms with Gasteiger partial charge in [-0.05, 0) is 24.6 Å². The molecule has 2 heterocycles. The van der Waals surface area contributed by atoms with Crippen LogP contribution in [0.5, 0.6) is 0 Å². The van der Waals surface area contributed by atoms with Gasteiger partial charge in [0.1, 0.15) is 0 Å². The number of carbonyl (C=O) groups is 1. The van der Waals surface area contributed by atoms with Gasteiger partial charge in [0.25, 0.3) is 5.91 Å². The molecule has 3 rings (SSSR count). The summed E-state index contributed by atoms with van der Waals surface area (Å²) in [5.41, 5.74) is 1.13. The van der Waals surface area contributed by atoms with Gasteiger partial charge >= 0.3 is 0 Å². The molecular weight excluding hydrogens is 272 g/mol. The van der Waals surface area contributed by atoms with Gasteiger partial charge in [-0.15, -0.1) is 11.8 Å². The van der Waals surface area contributed by atoms with Crippen molar-refractivity contribution < 1.29 is 9.53 Å². The van der Waals surface area contributed by atoms with Gasteiger partial charge in [-0.1, -0.05) is 6.07 Å². The maximum absolute atomic E-state index is 12.4. The van der Waals surface area contributed by atoms with Gasteiger partial charge in [0.2, 0.25) is 0 Å². The molecule has 104 valence electrons. The third kappa shape index (κ3) is 2.30. The van der Waals surface area contributed by atoms with Crippen molar-refractivity contribution in [3.63, 3.8) is 0 Å². The molecule has 0 N–H and O–H groups in total. The number of nitriles is 1. The smallest absolute Gasteiger partial charge is 0.253 e. The highest BCUT2D eigenvalue weighted by atomic mass is 32.2. The highest BCUT2D eigenvalue weighted by Crippen LogP contribution is 2.46. The standard InChI is InChI=1S/C15H16N2O2S/c1-19-13-6-15(20-8-13)9-17(10-15)14(18)12-4-2-3-11(5-12)7-16/h2-5,13H,6,8-10H2,1H3/t13-/m0/s1. The molecule has 0 radical (unpaired) electrons. The molecule has 1 amide bonds. The van der Waals surface area contributed by atoms with E-state index < -0.39 is 0 Å². The van der Waals surface area contributed by atoms with Crippen molar-refractivity contribution >= 4 is 17.7 Å². The Kier molecular flexibility index (Phi) is 3.45. The second-order valence-corrected chi connectivity index (χ2v) is 6.90. The number of benzene rings is 1. The minimum atomic E-state index is 0.0224. The van der Waals surface area contributed by atoms with Crippen molar-refractivity contribution in [2.75, 3.05) is 26.0 Å². The van der Waals surface area contributed by atoms with Crippen molar-refractivity contribution in [1.29, 1.82) is 5.26 Å².